The van der Waals surface area contributed by atoms with Crippen molar-refractivity contribution in [2.45, 2.75) is 53.6 Å². The van der Waals surface area contributed by atoms with Gasteiger partial charge in [0, 0.05) is 30.9 Å². The van der Waals surface area contributed by atoms with Gasteiger partial charge in [-0.1, -0.05) is 29.8 Å². The number of aliphatic imine (C=N–C) groups is 1. The van der Waals surface area contributed by atoms with Gasteiger partial charge in [0.1, 0.15) is 6.54 Å². The van der Waals surface area contributed by atoms with Crippen LogP contribution in [0.15, 0.2) is 39.9 Å². The van der Waals surface area contributed by atoms with Gasteiger partial charge < -0.3 is 15.1 Å². The number of aryl methyl sites for hydroxylation is 3. The standard InChI is InChI=1S/C23H32N6O.HI/c1-7-24-23(27-16(3)12-20-17(4)28-29(6)18(20)5)26-14-22-25-13-21(30-22)19-10-8-15(2)9-11-19;/h8-11,13,16H,7,12,14H2,1-6H3,(H2,24,26,27);1H. The van der Waals surface area contributed by atoms with Crippen LogP contribution in [0.3, 0.4) is 0 Å². The Morgan fingerprint density at radius 1 is 1.19 bits per heavy atom. The van der Waals surface area contributed by atoms with Gasteiger partial charge in [-0.25, -0.2) is 9.98 Å². The summed E-state index contributed by atoms with van der Waals surface area (Å²) in [6.45, 7) is 11.6. The number of oxazole rings is 1. The van der Waals surface area contributed by atoms with Crippen molar-refractivity contribution in [1.82, 2.24) is 25.4 Å². The van der Waals surface area contributed by atoms with Gasteiger partial charge in [-0.15, -0.1) is 24.0 Å². The summed E-state index contributed by atoms with van der Waals surface area (Å²) in [5.41, 5.74) is 5.80. The number of hydrogen-bond donors (Lipinski definition) is 2. The van der Waals surface area contributed by atoms with Crippen molar-refractivity contribution in [1.29, 1.82) is 0 Å². The van der Waals surface area contributed by atoms with E-state index in [0.29, 0.717) is 12.4 Å². The molecule has 0 aliphatic rings. The molecule has 0 fully saturated rings. The van der Waals surface area contributed by atoms with E-state index in [0.717, 1.165) is 35.9 Å². The third kappa shape index (κ3) is 6.56. The van der Waals surface area contributed by atoms with Gasteiger partial charge in [-0.3, -0.25) is 4.68 Å². The number of nitrogens with zero attached hydrogens (tertiary/aromatic N) is 4. The van der Waals surface area contributed by atoms with Crippen LogP contribution in [0.5, 0.6) is 0 Å². The molecule has 1 atom stereocenters. The fraction of sp³-hybridized carbons (Fsp3) is 0.435. The summed E-state index contributed by atoms with van der Waals surface area (Å²) in [5.74, 6) is 2.10. The number of aromatic nitrogens is 3. The minimum absolute atomic E-state index is 0. The topological polar surface area (TPSA) is 80.3 Å². The highest BCUT2D eigenvalue weighted by atomic mass is 127. The van der Waals surface area contributed by atoms with E-state index in [1.807, 2.05) is 23.9 Å². The third-order valence-corrected chi connectivity index (χ3v) is 5.16. The number of rotatable bonds is 7. The van der Waals surface area contributed by atoms with Gasteiger partial charge in [0.15, 0.2) is 11.7 Å². The number of hydrogen-bond acceptors (Lipinski definition) is 4. The maximum absolute atomic E-state index is 5.89. The Kier molecular flexibility index (Phi) is 9.09. The third-order valence-electron chi connectivity index (χ3n) is 5.16. The molecule has 2 N–H and O–H groups in total. The first-order chi connectivity index (χ1) is 14.4. The summed E-state index contributed by atoms with van der Waals surface area (Å²) < 4.78 is 7.82. The Morgan fingerprint density at radius 2 is 1.90 bits per heavy atom. The lowest BCUT2D eigenvalue weighted by atomic mass is 10.1. The summed E-state index contributed by atoms with van der Waals surface area (Å²) in [4.78, 5) is 9.03. The average Bonchev–Trinajstić information content (AvgIpc) is 3.27. The average molecular weight is 536 g/mol. The molecule has 0 saturated heterocycles. The predicted molar refractivity (Wildman–Crippen MR) is 136 cm³/mol. The Balaban J connectivity index is 0.00000341. The molecule has 0 aliphatic heterocycles. The highest BCUT2D eigenvalue weighted by Gasteiger charge is 2.14. The van der Waals surface area contributed by atoms with Crippen LogP contribution in [0.4, 0.5) is 0 Å². The van der Waals surface area contributed by atoms with E-state index in [2.05, 4.69) is 72.5 Å². The van der Waals surface area contributed by atoms with E-state index in [4.69, 9.17) is 4.42 Å². The summed E-state index contributed by atoms with van der Waals surface area (Å²) >= 11 is 0. The molecule has 1 unspecified atom stereocenters. The molecule has 0 spiro atoms. The maximum Gasteiger partial charge on any atom is 0.216 e. The molecule has 3 aromatic rings. The van der Waals surface area contributed by atoms with E-state index in [9.17, 15) is 0 Å². The summed E-state index contributed by atoms with van der Waals surface area (Å²) in [6.07, 6.45) is 2.64. The number of nitrogens with one attached hydrogen (secondary N) is 2. The largest absolute Gasteiger partial charge is 0.439 e. The molecular formula is C23H33IN6O. The van der Waals surface area contributed by atoms with Gasteiger partial charge in [0.2, 0.25) is 5.89 Å². The molecule has 0 bridgehead atoms. The number of halogens is 1. The molecule has 7 nitrogen and oxygen atoms in total. The van der Waals surface area contributed by atoms with E-state index in [-0.39, 0.29) is 30.0 Å². The lowest BCUT2D eigenvalue weighted by molar-refractivity contribution is 0.508. The fourth-order valence-electron chi connectivity index (χ4n) is 3.40. The fourth-order valence-corrected chi connectivity index (χ4v) is 3.40. The Labute approximate surface area is 201 Å². The zero-order valence-corrected chi connectivity index (χ0v) is 21.5. The van der Waals surface area contributed by atoms with Crippen molar-refractivity contribution in [3.05, 3.63) is 58.9 Å². The Bertz CT molecular complexity index is 1010. The van der Waals surface area contributed by atoms with Crippen molar-refractivity contribution in [3.8, 4) is 11.3 Å². The molecule has 1 aromatic carbocycles. The van der Waals surface area contributed by atoms with Crippen LogP contribution in [0.25, 0.3) is 11.3 Å². The van der Waals surface area contributed by atoms with Crippen molar-refractivity contribution >= 4 is 29.9 Å². The predicted octanol–water partition coefficient (Wildman–Crippen LogP) is 4.30. The van der Waals surface area contributed by atoms with Crippen molar-refractivity contribution < 1.29 is 4.42 Å². The SMILES string of the molecule is CCNC(=NCc1ncc(-c2ccc(C)cc2)o1)NC(C)Cc1c(C)nn(C)c1C.I. The van der Waals surface area contributed by atoms with Crippen LogP contribution in [-0.4, -0.2) is 33.3 Å². The van der Waals surface area contributed by atoms with Crippen molar-refractivity contribution in [2.75, 3.05) is 6.54 Å². The highest BCUT2D eigenvalue weighted by Crippen LogP contribution is 2.21. The lowest BCUT2D eigenvalue weighted by Gasteiger charge is -2.18. The Hall–Kier alpha value is -2.36. The molecule has 168 valence electrons. The molecule has 0 radical (unpaired) electrons. The second-order valence-corrected chi connectivity index (χ2v) is 7.70. The molecule has 2 heterocycles. The van der Waals surface area contributed by atoms with E-state index >= 15 is 0 Å². The number of benzene rings is 1. The number of guanidine groups is 1. The van der Waals surface area contributed by atoms with Gasteiger partial charge in [0.25, 0.3) is 0 Å². The minimum atomic E-state index is 0. The zero-order valence-electron chi connectivity index (χ0n) is 19.2. The molecule has 8 heteroatoms. The lowest BCUT2D eigenvalue weighted by Crippen LogP contribution is -2.43. The van der Waals surface area contributed by atoms with Crippen molar-refractivity contribution in [2.24, 2.45) is 12.0 Å². The quantitative estimate of drug-likeness (QED) is 0.268. The van der Waals surface area contributed by atoms with Crippen LogP contribution in [0.2, 0.25) is 0 Å². The first kappa shape index (κ1) is 24.9. The van der Waals surface area contributed by atoms with E-state index in [1.54, 1.807) is 6.20 Å². The van der Waals surface area contributed by atoms with Gasteiger partial charge in [-0.2, -0.15) is 5.10 Å². The van der Waals surface area contributed by atoms with Gasteiger partial charge in [-0.05, 0) is 46.6 Å². The zero-order chi connectivity index (χ0) is 21.7. The molecule has 0 amide bonds. The summed E-state index contributed by atoms with van der Waals surface area (Å²) in [5, 5.41) is 11.3. The smallest absolute Gasteiger partial charge is 0.216 e. The second kappa shape index (κ2) is 11.3. The molecule has 3 rings (SSSR count). The van der Waals surface area contributed by atoms with Gasteiger partial charge in [0.05, 0.1) is 11.9 Å². The molecule has 31 heavy (non-hydrogen) atoms. The summed E-state index contributed by atoms with van der Waals surface area (Å²) in [6, 6.07) is 8.42. The van der Waals surface area contributed by atoms with Crippen LogP contribution in [0.1, 0.15) is 42.3 Å². The summed E-state index contributed by atoms with van der Waals surface area (Å²) in [7, 11) is 1.98. The normalized spacial score (nSPS) is 12.4. The van der Waals surface area contributed by atoms with E-state index < -0.39 is 0 Å². The van der Waals surface area contributed by atoms with Crippen LogP contribution >= 0.6 is 24.0 Å². The first-order valence-electron chi connectivity index (χ1n) is 10.4. The molecule has 0 aliphatic carbocycles. The van der Waals surface area contributed by atoms with Crippen molar-refractivity contribution in [3.63, 3.8) is 0 Å². The maximum atomic E-state index is 5.89. The van der Waals surface area contributed by atoms with E-state index in [1.165, 1.54) is 16.8 Å². The first-order valence-corrected chi connectivity index (χ1v) is 10.4. The molecule has 2 aromatic heterocycles. The highest BCUT2D eigenvalue weighted by molar-refractivity contribution is 14.0. The van der Waals surface area contributed by atoms with Crippen LogP contribution < -0.4 is 10.6 Å². The monoisotopic (exact) mass is 536 g/mol. The minimum Gasteiger partial charge on any atom is -0.439 e. The molecule has 0 saturated carbocycles. The molecular weight excluding hydrogens is 503 g/mol. The van der Waals surface area contributed by atoms with Gasteiger partial charge >= 0.3 is 0 Å². The Morgan fingerprint density at radius 3 is 2.52 bits per heavy atom. The van der Waals surface area contributed by atoms with Crippen LogP contribution in [-0.2, 0) is 20.0 Å². The van der Waals surface area contributed by atoms with Crippen LogP contribution in [0, 0.1) is 20.8 Å². The second-order valence-electron chi connectivity index (χ2n) is 7.70.